The van der Waals surface area contributed by atoms with Crippen molar-refractivity contribution in [2.24, 2.45) is 0 Å². The van der Waals surface area contributed by atoms with E-state index in [9.17, 15) is 0 Å². The molecule has 2 heteroatoms. The van der Waals surface area contributed by atoms with Crippen molar-refractivity contribution in [2.45, 2.75) is 57.3 Å². The molecular weight excluding hydrogens is 929 g/mol. The highest BCUT2D eigenvalue weighted by atomic mass is 15.1. The van der Waals surface area contributed by atoms with Gasteiger partial charge in [0.1, 0.15) is 0 Å². The van der Waals surface area contributed by atoms with Crippen LogP contribution in [0.25, 0.3) is 66.8 Å². The zero-order chi connectivity index (χ0) is 51.7. The van der Waals surface area contributed by atoms with Gasteiger partial charge in [0.25, 0.3) is 0 Å². The summed E-state index contributed by atoms with van der Waals surface area (Å²) in [5.74, 6) is 0.696. The first kappa shape index (κ1) is 47.7. The van der Waals surface area contributed by atoms with Gasteiger partial charge in [0.15, 0.2) is 0 Å². The molecule has 0 amide bonds. The second-order valence-corrected chi connectivity index (χ2v) is 21.5. The summed E-state index contributed by atoms with van der Waals surface area (Å²) in [5.41, 5.74) is 25.4. The number of para-hydroxylation sites is 2. The highest BCUT2D eigenvalue weighted by Crippen LogP contribution is 2.51. The van der Waals surface area contributed by atoms with Crippen LogP contribution in [-0.4, -0.2) is 0 Å². The van der Waals surface area contributed by atoms with Gasteiger partial charge in [0, 0.05) is 39.5 Å². The number of hydrogen-bond donors (Lipinski definition) is 0. The Morgan fingerprint density at radius 1 is 0.273 bits per heavy atom. The van der Waals surface area contributed by atoms with Crippen molar-refractivity contribution in [3.63, 3.8) is 0 Å². The minimum absolute atomic E-state index is 0.131. The van der Waals surface area contributed by atoms with Crippen LogP contribution in [0.4, 0.5) is 34.1 Å². The predicted molar refractivity (Wildman–Crippen MR) is 326 cm³/mol. The molecule has 11 aromatic carbocycles. The third-order valence-corrected chi connectivity index (χ3v) is 16.5. The average molecular weight is 991 g/mol. The molecule has 0 bridgehead atoms. The van der Waals surface area contributed by atoms with Gasteiger partial charge in [-0.25, -0.2) is 0 Å². The van der Waals surface area contributed by atoms with Crippen molar-refractivity contribution in [2.75, 3.05) is 9.80 Å². The molecule has 0 aliphatic heterocycles. The number of nitrogens with zero attached hydrogens (tertiary/aromatic N) is 2. The first-order chi connectivity index (χ1) is 37.9. The number of benzene rings is 11. The quantitative estimate of drug-likeness (QED) is 0.120. The van der Waals surface area contributed by atoms with Crippen LogP contribution in [0.5, 0.6) is 0 Å². The van der Waals surface area contributed by atoms with E-state index in [4.69, 9.17) is 0 Å². The van der Waals surface area contributed by atoms with Crippen LogP contribution in [0.3, 0.4) is 0 Å². The highest BCUT2D eigenvalue weighted by molar-refractivity contribution is 5.96. The van der Waals surface area contributed by atoms with E-state index in [1.165, 1.54) is 104 Å². The zero-order valence-corrected chi connectivity index (χ0v) is 44.0. The summed E-state index contributed by atoms with van der Waals surface area (Å²) in [7, 11) is 0. The Kier molecular flexibility index (Phi) is 12.8. The maximum Gasteiger partial charge on any atom is 0.0465 e. The van der Waals surface area contributed by atoms with E-state index in [0.29, 0.717) is 5.92 Å². The van der Waals surface area contributed by atoms with Crippen molar-refractivity contribution in [1.82, 2.24) is 0 Å². The topological polar surface area (TPSA) is 6.48 Å². The molecule has 372 valence electrons. The average Bonchev–Trinajstić information content (AvgIpc) is 3.80. The van der Waals surface area contributed by atoms with Crippen LogP contribution in [0.1, 0.15) is 68.6 Å². The van der Waals surface area contributed by atoms with Gasteiger partial charge in [-0.3, -0.25) is 0 Å². The predicted octanol–water partition coefficient (Wildman–Crippen LogP) is 21.3. The molecule has 77 heavy (non-hydrogen) atoms. The second kappa shape index (κ2) is 20.6. The van der Waals surface area contributed by atoms with Crippen LogP contribution in [0.15, 0.2) is 273 Å². The van der Waals surface area contributed by atoms with Crippen molar-refractivity contribution in [3.05, 3.63) is 290 Å². The molecular formula is C75H62N2. The third kappa shape index (κ3) is 9.25. The van der Waals surface area contributed by atoms with Crippen molar-refractivity contribution in [1.29, 1.82) is 0 Å². The number of fused-ring (bicyclic) bond motifs is 3. The van der Waals surface area contributed by atoms with Gasteiger partial charge < -0.3 is 9.80 Å². The Balaban J connectivity index is 0.905. The normalized spacial score (nSPS) is 13.6. The van der Waals surface area contributed by atoms with Crippen LogP contribution in [0, 0.1) is 0 Å². The molecule has 1 fully saturated rings. The summed E-state index contributed by atoms with van der Waals surface area (Å²) < 4.78 is 0. The van der Waals surface area contributed by atoms with E-state index in [1.54, 1.807) is 0 Å². The van der Waals surface area contributed by atoms with Gasteiger partial charge >= 0.3 is 0 Å². The van der Waals surface area contributed by atoms with Gasteiger partial charge in [-0.1, -0.05) is 221 Å². The van der Waals surface area contributed by atoms with Gasteiger partial charge in [0.05, 0.1) is 0 Å². The molecule has 0 atom stereocenters. The number of hydrogen-bond acceptors (Lipinski definition) is 2. The Hall–Kier alpha value is -8.98. The van der Waals surface area contributed by atoms with Gasteiger partial charge in [-0.2, -0.15) is 0 Å². The fourth-order valence-corrected chi connectivity index (χ4v) is 12.4. The Labute approximate surface area is 455 Å². The molecule has 11 aromatic rings. The van der Waals surface area contributed by atoms with E-state index in [1.807, 2.05) is 0 Å². The lowest BCUT2D eigenvalue weighted by atomic mass is 9.82. The molecule has 0 aromatic heterocycles. The van der Waals surface area contributed by atoms with E-state index in [2.05, 4.69) is 297 Å². The van der Waals surface area contributed by atoms with Crippen LogP contribution >= 0.6 is 0 Å². The van der Waals surface area contributed by atoms with E-state index in [-0.39, 0.29) is 5.41 Å². The van der Waals surface area contributed by atoms with E-state index < -0.39 is 0 Å². The molecule has 2 aliphatic rings. The summed E-state index contributed by atoms with van der Waals surface area (Å²) in [6.45, 7) is 4.74. The monoisotopic (exact) mass is 990 g/mol. The maximum atomic E-state index is 2.44. The summed E-state index contributed by atoms with van der Waals surface area (Å²) >= 11 is 0. The number of anilines is 6. The molecule has 1 saturated carbocycles. The summed E-state index contributed by atoms with van der Waals surface area (Å²) in [4.78, 5) is 4.76. The lowest BCUT2D eigenvalue weighted by molar-refractivity contribution is 0.443. The Bertz CT molecular complexity index is 3760. The molecule has 0 N–H and O–H groups in total. The molecule has 2 nitrogen and oxygen atoms in total. The van der Waals surface area contributed by atoms with Crippen LogP contribution < -0.4 is 9.80 Å². The van der Waals surface area contributed by atoms with E-state index >= 15 is 0 Å². The SMILES string of the molecule is CC1(C)c2ccccc2-c2ccc(N(c3ccc(-c4ccc(C5CCCCC5)cc4)cc3)c3ccc(-c4cc(-c5ccccc5)c(-c5ccc(N(c6ccccc6)c6ccccc6)cc5)cc4-c4ccccc4)cc3)cc21. The third-order valence-electron chi connectivity index (χ3n) is 16.5. The highest BCUT2D eigenvalue weighted by Gasteiger charge is 2.36. The maximum absolute atomic E-state index is 2.44. The van der Waals surface area contributed by atoms with E-state index in [0.717, 1.165) is 45.3 Å². The van der Waals surface area contributed by atoms with Crippen molar-refractivity contribution < 1.29 is 0 Å². The number of rotatable bonds is 12. The largest absolute Gasteiger partial charge is 0.311 e. The van der Waals surface area contributed by atoms with Gasteiger partial charge in [-0.15, -0.1) is 0 Å². The van der Waals surface area contributed by atoms with Gasteiger partial charge in [-0.05, 0) is 187 Å². The Morgan fingerprint density at radius 2 is 0.623 bits per heavy atom. The molecule has 0 heterocycles. The summed E-state index contributed by atoms with van der Waals surface area (Å²) in [6, 6.07) is 101. The first-order valence-electron chi connectivity index (χ1n) is 27.6. The van der Waals surface area contributed by atoms with Crippen molar-refractivity contribution >= 4 is 34.1 Å². The second-order valence-electron chi connectivity index (χ2n) is 21.5. The molecule has 13 rings (SSSR count). The first-order valence-corrected chi connectivity index (χ1v) is 27.6. The lowest BCUT2D eigenvalue weighted by Gasteiger charge is -2.28. The fourth-order valence-electron chi connectivity index (χ4n) is 12.4. The fraction of sp³-hybridized carbons (Fsp3) is 0.120. The standard InChI is InChI=1S/C75H62N2/c1-75(2)73-31-19-18-30-67(73)68-49-48-66(50-74(68)75)77(64-42-36-56(37-43-64)55-34-32-54(33-35-55)53-20-8-3-9-21-53)65-46-40-60(41-47-65)72-52-69(57-22-10-4-11-23-57)71(51-70(72)58-24-12-5-13-25-58)59-38-44-63(45-39-59)76(61-26-14-6-15-27-61)62-28-16-7-17-29-62/h4-7,10-19,22-53H,3,8-9,20-21H2,1-2H3. The molecule has 0 spiro atoms. The van der Waals surface area contributed by atoms with Crippen molar-refractivity contribution in [3.8, 4) is 66.8 Å². The molecule has 0 unspecified atom stereocenters. The summed E-state index contributed by atoms with van der Waals surface area (Å²) in [6.07, 6.45) is 6.69. The minimum atomic E-state index is -0.131. The molecule has 0 radical (unpaired) electrons. The van der Waals surface area contributed by atoms with Crippen LogP contribution in [0.2, 0.25) is 0 Å². The Morgan fingerprint density at radius 3 is 1.10 bits per heavy atom. The molecule has 0 saturated heterocycles. The van der Waals surface area contributed by atoms with Gasteiger partial charge in [0.2, 0.25) is 0 Å². The van der Waals surface area contributed by atoms with Crippen LogP contribution in [-0.2, 0) is 5.41 Å². The summed E-state index contributed by atoms with van der Waals surface area (Å²) in [5, 5.41) is 0. The molecule has 2 aliphatic carbocycles. The zero-order valence-electron chi connectivity index (χ0n) is 44.0. The lowest BCUT2D eigenvalue weighted by Crippen LogP contribution is -2.16. The minimum Gasteiger partial charge on any atom is -0.311 e. The smallest absolute Gasteiger partial charge is 0.0465 e.